The van der Waals surface area contributed by atoms with E-state index in [0.29, 0.717) is 0 Å². The Kier molecular flexibility index (Phi) is 7.72. The highest BCUT2D eigenvalue weighted by atomic mass is 127. The summed E-state index contributed by atoms with van der Waals surface area (Å²) in [5.41, 5.74) is 1.18. The van der Waals surface area contributed by atoms with Crippen LogP contribution < -0.4 is 15.4 Å². The molecule has 0 aliphatic carbocycles. The summed E-state index contributed by atoms with van der Waals surface area (Å²) >= 11 is 0. The van der Waals surface area contributed by atoms with Crippen LogP contribution in [0.5, 0.6) is 5.75 Å². The largest absolute Gasteiger partial charge is 0.488 e. The van der Waals surface area contributed by atoms with Crippen LogP contribution in [0.1, 0.15) is 25.3 Å². The zero-order chi connectivity index (χ0) is 13.5. The molecule has 1 unspecified atom stereocenters. The Morgan fingerprint density at radius 3 is 2.85 bits per heavy atom. The maximum absolute atomic E-state index is 6.04. The maximum atomic E-state index is 6.04. The number of guanidine groups is 1. The molecular weight excluding hydrogens is 365 g/mol. The highest BCUT2D eigenvalue weighted by Crippen LogP contribution is 2.18. The summed E-state index contributed by atoms with van der Waals surface area (Å²) in [7, 11) is 0. The Morgan fingerprint density at radius 1 is 1.40 bits per heavy atom. The zero-order valence-electron chi connectivity index (χ0n) is 12.2. The normalized spacial score (nSPS) is 15.4. The van der Waals surface area contributed by atoms with E-state index in [1.165, 1.54) is 5.56 Å². The summed E-state index contributed by atoms with van der Waals surface area (Å²) in [6.07, 6.45) is 2.24. The van der Waals surface area contributed by atoms with Crippen LogP contribution in [0, 0.1) is 6.92 Å². The molecule has 1 aromatic rings. The summed E-state index contributed by atoms with van der Waals surface area (Å²) in [6.45, 7) is 6.89. The first-order chi connectivity index (χ1) is 9.29. The molecule has 20 heavy (non-hydrogen) atoms. The fourth-order valence-electron chi connectivity index (χ4n) is 2.00. The number of benzene rings is 1. The number of aliphatic imine (C=N–C) groups is 1. The third kappa shape index (κ3) is 5.19. The van der Waals surface area contributed by atoms with Gasteiger partial charge in [-0.1, -0.05) is 25.1 Å². The van der Waals surface area contributed by atoms with Gasteiger partial charge in [-0.15, -0.1) is 24.0 Å². The molecule has 1 aliphatic rings. The molecule has 0 aromatic heterocycles. The van der Waals surface area contributed by atoms with Crippen LogP contribution in [0.25, 0.3) is 0 Å². The van der Waals surface area contributed by atoms with Crippen molar-refractivity contribution in [2.45, 2.75) is 32.8 Å². The Bertz CT molecular complexity index is 437. The molecule has 0 radical (unpaired) electrons. The molecule has 1 aromatic carbocycles. The van der Waals surface area contributed by atoms with Crippen LogP contribution in [0.4, 0.5) is 0 Å². The van der Waals surface area contributed by atoms with Crippen molar-refractivity contribution in [2.24, 2.45) is 4.99 Å². The summed E-state index contributed by atoms with van der Waals surface area (Å²) in [6, 6.07) is 8.13. The summed E-state index contributed by atoms with van der Waals surface area (Å²) in [5.74, 6) is 1.87. The topological polar surface area (TPSA) is 45.7 Å². The van der Waals surface area contributed by atoms with Gasteiger partial charge < -0.3 is 15.4 Å². The van der Waals surface area contributed by atoms with Gasteiger partial charge in [0.1, 0.15) is 11.9 Å². The van der Waals surface area contributed by atoms with E-state index in [-0.39, 0.29) is 30.1 Å². The first-order valence-electron chi connectivity index (χ1n) is 7.04. The van der Waals surface area contributed by atoms with Gasteiger partial charge in [-0.05, 0) is 31.4 Å². The molecule has 2 rings (SSSR count). The number of para-hydroxylation sites is 1. The number of nitrogens with one attached hydrogen (secondary N) is 2. The quantitative estimate of drug-likeness (QED) is 0.762. The molecule has 1 aliphatic heterocycles. The van der Waals surface area contributed by atoms with E-state index in [4.69, 9.17) is 4.74 Å². The fraction of sp³-hybridized carbons (Fsp3) is 0.533. The number of ether oxygens (including phenoxy) is 1. The second-order valence-electron chi connectivity index (χ2n) is 4.81. The van der Waals surface area contributed by atoms with Crippen molar-refractivity contribution in [3.05, 3.63) is 29.8 Å². The first kappa shape index (κ1) is 17.1. The van der Waals surface area contributed by atoms with Crippen LogP contribution in [0.3, 0.4) is 0 Å². The molecule has 1 heterocycles. The van der Waals surface area contributed by atoms with Gasteiger partial charge in [-0.25, -0.2) is 0 Å². The Hall–Kier alpha value is -0.980. The van der Waals surface area contributed by atoms with Crippen LogP contribution in [-0.4, -0.2) is 31.7 Å². The average molecular weight is 389 g/mol. The number of hydrogen-bond acceptors (Lipinski definition) is 4. The molecule has 0 saturated carbocycles. The summed E-state index contributed by atoms with van der Waals surface area (Å²) < 4.78 is 6.04. The molecule has 5 heteroatoms. The average Bonchev–Trinajstić information content (AvgIpc) is 2.46. The molecule has 2 N–H and O–H groups in total. The molecule has 112 valence electrons. The molecule has 0 bridgehead atoms. The van der Waals surface area contributed by atoms with Crippen LogP contribution in [-0.2, 0) is 0 Å². The van der Waals surface area contributed by atoms with Gasteiger partial charge in [0.15, 0.2) is 5.96 Å². The molecule has 1 atom stereocenters. The third-order valence-electron chi connectivity index (χ3n) is 3.24. The second kappa shape index (κ2) is 9.05. The highest BCUT2D eigenvalue weighted by Gasteiger charge is 2.11. The van der Waals surface area contributed by atoms with Gasteiger partial charge in [0, 0.05) is 13.1 Å². The predicted molar refractivity (Wildman–Crippen MR) is 94.2 cm³/mol. The standard InChI is InChI=1S/C15H23N3O.HI/c1-3-13(11-18-15-16-9-6-10-17-15)19-14-8-5-4-7-12(14)2;/h4-5,7-8,13H,3,6,9-11H2,1-2H3,(H2,16,17,18);1H. The van der Waals surface area contributed by atoms with Crippen molar-refractivity contribution < 1.29 is 4.74 Å². The van der Waals surface area contributed by atoms with E-state index < -0.39 is 0 Å². The summed E-state index contributed by atoms with van der Waals surface area (Å²) in [4.78, 5) is 4.40. The lowest BCUT2D eigenvalue weighted by Gasteiger charge is -2.22. The van der Waals surface area contributed by atoms with E-state index in [1.54, 1.807) is 0 Å². The number of nitrogens with zero attached hydrogens (tertiary/aromatic N) is 1. The van der Waals surface area contributed by atoms with Gasteiger partial charge >= 0.3 is 0 Å². The molecule has 0 fully saturated rings. The van der Waals surface area contributed by atoms with Crippen molar-refractivity contribution in [2.75, 3.05) is 19.6 Å². The molecule has 0 spiro atoms. The van der Waals surface area contributed by atoms with E-state index >= 15 is 0 Å². The van der Waals surface area contributed by atoms with Gasteiger partial charge in [0.2, 0.25) is 0 Å². The van der Waals surface area contributed by atoms with Gasteiger partial charge in [0.25, 0.3) is 0 Å². The van der Waals surface area contributed by atoms with E-state index in [0.717, 1.165) is 44.2 Å². The lowest BCUT2D eigenvalue weighted by molar-refractivity contribution is 0.198. The van der Waals surface area contributed by atoms with E-state index in [2.05, 4.69) is 35.5 Å². The van der Waals surface area contributed by atoms with Crippen LogP contribution in [0.2, 0.25) is 0 Å². The van der Waals surface area contributed by atoms with E-state index in [9.17, 15) is 0 Å². The molecule has 0 amide bonds. The molecule has 0 saturated heterocycles. The Balaban J connectivity index is 0.00000200. The fourth-order valence-corrected chi connectivity index (χ4v) is 2.00. The Labute approximate surface area is 138 Å². The SMILES string of the molecule is CCC(CNC1=NCCCN1)Oc1ccccc1C.I. The summed E-state index contributed by atoms with van der Waals surface area (Å²) in [5, 5.41) is 6.58. The minimum atomic E-state index is 0. The van der Waals surface area contributed by atoms with Crippen molar-refractivity contribution in [1.29, 1.82) is 0 Å². The van der Waals surface area contributed by atoms with Gasteiger partial charge in [-0.3, -0.25) is 4.99 Å². The number of hydrogen-bond donors (Lipinski definition) is 2. The third-order valence-corrected chi connectivity index (χ3v) is 3.24. The lowest BCUT2D eigenvalue weighted by atomic mass is 10.2. The smallest absolute Gasteiger partial charge is 0.191 e. The lowest BCUT2D eigenvalue weighted by Crippen LogP contribution is -2.44. The predicted octanol–water partition coefficient (Wildman–Crippen LogP) is 2.71. The monoisotopic (exact) mass is 389 g/mol. The van der Waals surface area contributed by atoms with Crippen molar-refractivity contribution in [3.63, 3.8) is 0 Å². The van der Waals surface area contributed by atoms with Crippen molar-refractivity contribution in [3.8, 4) is 5.75 Å². The number of halogens is 1. The van der Waals surface area contributed by atoms with Crippen LogP contribution in [0.15, 0.2) is 29.3 Å². The highest BCUT2D eigenvalue weighted by molar-refractivity contribution is 14.0. The first-order valence-corrected chi connectivity index (χ1v) is 7.04. The van der Waals surface area contributed by atoms with Gasteiger partial charge in [-0.2, -0.15) is 0 Å². The zero-order valence-corrected chi connectivity index (χ0v) is 14.5. The Morgan fingerprint density at radius 2 is 2.20 bits per heavy atom. The van der Waals surface area contributed by atoms with Crippen molar-refractivity contribution >= 4 is 29.9 Å². The van der Waals surface area contributed by atoms with Crippen LogP contribution >= 0.6 is 24.0 Å². The molecule has 4 nitrogen and oxygen atoms in total. The molecular formula is C15H24IN3O. The number of aryl methyl sites for hydroxylation is 1. The minimum absolute atomic E-state index is 0. The van der Waals surface area contributed by atoms with E-state index in [1.807, 2.05) is 18.2 Å². The van der Waals surface area contributed by atoms with Gasteiger partial charge in [0.05, 0.1) is 6.54 Å². The maximum Gasteiger partial charge on any atom is 0.191 e. The number of rotatable bonds is 5. The van der Waals surface area contributed by atoms with Crippen molar-refractivity contribution in [1.82, 2.24) is 10.6 Å². The second-order valence-corrected chi connectivity index (χ2v) is 4.81. The minimum Gasteiger partial charge on any atom is -0.488 e.